The van der Waals surface area contributed by atoms with Gasteiger partial charge in [-0.3, -0.25) is 4.79 Å². The number of quaternary nitrogens is 1. The van der Waals surface area contributed by atoms with E-state index in [1.165, 1.54) is 12.1 Å². The van der Waals surface area contributed by atoms with E-state index in [2.05, 4.69) is 5.32 Å². The van der Waals surface area contributed by atoms with Gasteiger partial charge in [-0.1, -0.05) is 24.3 Å². The van der Waals surface area contributed by atoms with Gasteiger partial charge in [0.05, 0.1) is 12.6 Å². The molecule has 1 unspecified atom stereocenters. The molecular formula is C18H20F3N2O2+. The Kier molecular flexibility index (Phi) is 6.41. The number of ether oxygens (including phenoxy) is 1. The third-order valence-corrected chi connectivity index (χ3v) is 3.48. The number of alkyl halides is 3. The number of hydrogen-bond donors (Lipinski definition) is 2. The van der Waals surface area contributed by atoms with E-state index >= 15 is 0 Å². The monoisotopic (exact) mass is 353 g/mol. The molecule has 0 aromatic heterocycles. The Balaban J connectivity index is 1.77. The molecule has 0 bridgehead atoms. The molecule has 1 amide bonds. The molecule has 0 aliphatic heterocycles. The quantitative estimate of drug-likeness (QED) is 0.802. The topological polar surface area (TPSA) is 42.8 Å². The SMILES string of the molecule is C[NH+](CCOc1ccccc1)CC(=O)Nc1cccc(C(F)(F)F)c1. The largest absolute Gasteiger partial charge is 0.488 e. The van der Waals surface area contributed by atoms with Crippen molar-refractivity contribution >= 4 is 11.6 Å². The maximum Gasteiger partial charge on any atom is 0.416 e. The fourth-order valence-electron chi connectivity index (χ4n) is 2.20. The summed E-state index contributed by atoms with van der Waals surface area (Å²) < 4.78 is 43.5. The molecule has 2 aromatic carbocycles. The standard InChI is InChI=1S/C18H19F3N2O2/c1-23(10-11-25-16-8-3-2-4-9-16)13-17(24)22-15-7-5-6-14(12-15)18(19,20)21/h2-9,12H,10-11,13H2,1H3,(H,22,24)/p+1. The molecule has 7 heteroatoms. The molecule has 25 heavy (non-hydrogen) atoms. The minimum absolute atomic E-state index is 0.133. The molecule has 0 fully saturated rings. The maximum absolute atomic E-state index is 12.7. The summed E-state index contributed by atoms with van der Waals surface area (Å²) in [6, 6.07) is 13.9. The number of hydrogen-bond acceptors (Lipinski definition) is 2. The Morgan fingerprint density at radius 1 is 1.12 bits per heavy atom. The van der Waals surface area contributed by atoms with Gasteiger partial charge in [-0.05, 0) is 30.3 Å². The third kappa shape index (κ3) is 6.46. The zero-order valence-electron chi connectivity index (χ0n) is 13.8. The van der Waals surface area contributed by atoms with Crippen molar-refractivity contribution in [2.45, 2.75) is 6.18 Å². The number of carbonyl (C=O) groups is 1. The Morgan fingerprint density at radius 3 is 2.52 bits per heavy atom. The third-order valence-electron chi connectivity index (χ3n) is 3.48. The van der Waals surface area contributed by atoms with Crippen LogP contribution in [0.1, 0.15) is 5.56 Å². The maximum atomic E-state index is 12.7. The second kappa shape index (κ2) is 8.53. The predicted molar refractivity (Wildman–Crippen MR) is 88.6 cm³/mol. The van der Waals surface area contributed by atoms with Gasteiger partial charge in [-0.15, -0.1) is 0 Å². The summed E-state index contributed by atoms with van der Waals surface area (Å²) in [5.74, 6) is 0.403. The highest BCUT2D eigenvalue weighted by Crippen LogP contribution is 2.30. The van der Waals surface area contributed by atoms with Crippen LogP contribution in [0.5, 0.6) is 5.75 Å². The number of para-hydroxylation sites is 1. The fraction of sp³-hybridized carbons (Fsp3) is 0.278. The minimum Gasteiger partial charge on any atom is -0.488 e. The van der Waals surface area contributed by atoms with Crippen LogP contribution in [0.2, 0.25) is 0 Å². The zero-order valence-corrected chi connectivity index (χ0v) is 13.8. The number of amides is 1. The molecule has 0 spiro atoms. The Hall–Kier alpha value is -2.54. The normalized spacial score (nSPS) is 12.5. The first-order valence-electron chi connectivity index (χ1n) is 7.81. The van der Waals surface area contributed by atoms with Crippen molar-refractivity contribution in [2.24, 2.45) is 0 Å². The molecule has 0 aliphatic carbocycles. The van der Waals surface area contributed by atoms with Crippen LogP contribution in [-0.4, -0.2) is 32.7 Å². The molecule has 4 nitrogen and oxygen atoms in total. The average Bonchev–Trinajstić information content (AvgIpc) is 2.55. The Bertz CT molecular complexity index is 690. The van der Waals surface area contributed by atoms with Crippen LogP contribution in [-0.2, 0) is 11.0 Å². The average molecular weight is 353 g/mol. The summed E-state index contributed by atoms with van der Waals surface area (Å²) >= 11 is 0. The molecule has 0 heterocycles. The second-order valence-electron chi connectivity index (χ2n) is 5.67. The van der Waals surface area contributed by atoms with E-state index in [0.717, 1.165) is 22.8 Å². The first kappa shape index (κ1) is 18.8. The molecular weight excluding hydrogens is 333 g/mol. The van der Waals surface area contributed by atoms with Gasteiger partial charge in [0.1, 0.15) is 18.9 Å². The molecule has 2 N–H and O–H groups in total. The number of likely N-dealkylation sites (N-methyl/N-ethyl adjacent to an activating group) is 1. The van der Waals surface area contributed by atoms with Gasteiger partial charge in [0.25, 0.3) is 5.91 Å². The molecule has 134 valence electrons. The lowest BCUT2D eigenvalue weighted by atomic mass is 10.2. The first-order valence-corrected chi connectivity index (χ1v) is 7.81. The number of anilines is 1. The summed E-state index contributed by atoms with van der Waals surface area (Å²) in [6.45, 7) is 1.16. The van der Waals surface area contributed by atoms with E-state index in [4.69, 9.17) is 4.74 Å². The van der Waals surface area contributed by atoms with Gasteiger partial charge in [0.15, 0.2) is 6.54 Å². The lowest BCUT2D eigenvalue weighted by Gasteiger charge is -2.15. The van der Waals surface area contributed by atoms with Crippen LogP contribution >= 0.6 is 0 Å². The number of halogens is 3. The number of rotatable bonds is 7. The fourth-order valence-corrected chi connectivity index (χ4v) is 2.20. The smallest absolute Gasteiger partial charge is 0.416 e. The van der Waals surface area contributed by atoms with Crippen LogP contribution in [0.25, 0.3) is 0 Å². The highest BCUT2D eigenvalue weighted by Gasteiger charge is 2.30. The van der Waals surface area contributed by atoms with E-state index in [-0.39, 0.29) is 18.1 Å². The van der Waals surface area contributed by atoms with Gasteiger partial charge in [0.2, 0.25) is 0 Å². The van der Waals surface area contributed by atoms with Crippen LogP contribution in [0.15, 0.2) is 54.6 Å². The van der Waals surface area contributed by atoms with E-state index in [0.29, 0.717) is 13.2 Å². The first-order chi connectivity index (χ1) is 11.8. The number of carbonyl (C=O) groups excluding carboxylic acids is 1. The van der Waals surface area contributed by atoms with Crippen LogP contribution in [0.3, 0.4) is 0 Å². The van der Waals surface area contributed by atoms with E-state index < -0.39 is 11.7 Å². The predicted octanol–water partition coefficient (Wildman–Crippen LogP) is 2.24. The zero-order chi connectivity index (χ0) is 18.3. The van der Waals surface area contributed by atoms with Gasteiger partial charge in [0, 0.05) is 5.69 Å². The molecule has 0 radical (unpaired) electrons. The lowest BCUT2D eigenvalue weighted by Crippen LogP contribution is -3.10. The summed E-state index contributed by atoms with van der Waals surface area (Å²) in [7, 11) is 1.82. The van der Waals surface area contributed by atoms with Gasteiger partial charge >= 0.3 is 6.18 Å². The van der Waals surface area contributed by atoms with E-state index in [9.17, 15) is 18.0 Å². The highest BCUT2D eigenvalue weighted by atomic mass is 19.4. The highest BCUT2D eigenvalue weighted by molar-refractivity contribution is 5.91. The molecule has 0 saturated carbocycles. The van der Waals surface area contributed by atoms with Crippen molar-refractivity contribution in [2.75, 3.05) is 32.1 Å². The van der Waals surface area contributed by atoms with Crippen molar-refractivity contribution in [3.63, 3.8) is 0 Å². The molecule has 0 aliphatic rings. The van der Waals surface area contributed by atoms with Crippen LogP contribution in [0, 0.1) is 0 Å². The van der Waals surface area contributed by atoms with E-state index in [1.807, 2.05) is 37.4 Å². The Labute approximate surface area is 144 Å². The molecule has 1 atom stereocenters. The number of nitrogens with one attached hydrogen (secondary N) is 2. The van der Waals surface area contributed by atoms with Gasteiger partial charge < -0.3 is 15.0 Å². The van der Waals surface area contributed by atoms with E-state index in [1.54, 1.807) is 0 Å². The summed E-state index contributed by atoms with van der Waals surface area (Å²) in [6.07, 6.45) is -4.43. The summed E-state index contributed by atoms with van der Waals surface area (Å²) in [4.78, 5) is 12.9. The van der Waals surface area contributed by atoms with Crippen molar-refractivity contribution < 1.29 is 27.6 Å². The molecule has 0 saturated heterocycles. The molecule has 2 rings (SSSR count). The van der Waals surface area contributed by atoms with Gasteiger partial charge in [-0.2, -0.15) is 13.2 Å². The summed E-state index contributed by atoms with van der Waals surface area (Å²) in [5, 5.41) is 2.49. The van der Waals surface area contributed by atoms with Crippen LogP contribution < -0.4 is 15.0 Å². The lowest BCUT2D eigenvalue weighted by molar-refractivity contribution is -0.871. The Morgan fingerprint density at radius 2 is 1.84 bits per heavy atom. The van der Waals surface area contributed by atoms with Crippen molar-refractivity contribution in [1.82, 2.24) is 0 Å². The van der Waals surface area contributed by atoms with Crippen molar-refractivity contribution in [3.05, 3.63) is 60.2 Å². The molecule has 2 aromatic rings. The van der Waals surface area contributed by atoms with Gasteiger partial charge in [-0.25, -0.2) is 0 Å². The number of benzene rings is 2. The second-order valence-corrected chi connectivity index (χ2v) is 5.67. The summed E-state index contributed by atoms with van der Waals surface area (Å²) in [5.41, 5.74) is -0.657. The van der Waals surface area contributed by atoms with Crippen molar-refractivity contribution in [3.8, 4) is 5.75 Å². The minimum atomic E-state index is -4.43. The van der Waals surface area contributed by atoms with Crippen molar-refractivity contribution in [1.29, 1.82) is 0 Å². The van der Waals surface area contributed by atoms with Crippen LogP contribution in [0.4, 0.5) is 18.9 Å².